The van der Waals surface area contributed by atoms with Crippen molar-refractivity contribution in [1.82, 2.24) is 5.32 Å². The van der Waals surface area contributed by atoms with E-state index < -0.39 is 47.2 Å². The Balaban J connectivity index is 2.32. The Morgan fingerprint density at radius 3 is 1.89 bits per heavy atom. The Bertz CT molecular complexity index is 653. The van der Waals surface area contributed by atoms with Crippen LogP contribution in [0.25, 0.3) is 0 Å². The molecule has 1 rings (SSSR count). The molecule has 1 amide bonds. The maximum absolute atomic E-state index is 13.4. The highest BCUT2D eigenvalue weighted by Crippen LogP contribution is 2.29. The molecule has 9 heteroatoms. The summed E-state index contributed by atoms with van der Waals surface area (Å²) in [5.41, 5.74) is 0. The van der Waals surface area contributed by atoms with Crippen LogP contribution in [0.3, 0.4) is 0 Å². The number of hydrogen-bond acceptors (Lipinski definition) is 3. The number of carbonyl (C=O) groups excluding carboxylic acids is 2. The van der Waals surface area contributed by atoms with Crippen LogP contribution >= 0.6 is 0 Å². The van der Waals surface area contributed by atoms with Gasteiger partial charge < -0.3 is 10.1 Å². The molecule has 4 nitrogen and oxygen atoms in total. The minimum Gasteiger partial charge on any atom is -0.420 e. The largest absolute Gasteiger partial charge is 0.420 e. The Hall–Kier alpha value is -2.19. The van der Waals surface area contributed by atoms with Gasteiger partial charge in [-0.1, -0.05) is 39.0 Å². The van der Waals surface area contributed by atoms with E-state index in [-0.39, 0.29) is 18.7 Å². The zero-order chi connectivity index (χ0) is 21.1. The predicted molar refractivity (Wildman–Crippen MR) is 92.1 cm³/mol. The van der Waals surface area contributed by atoms with Crippen LogP contribution < -0.4 is 10.1 Å². The van der Waals surface area contributed by atoms with Gasteiger partial charge in [-0.05, 0) is 12.8 Å². The molecular formula is C19H24F5NO3. The van der Waals surface area contributed by atoms with Crippen molar-refractivity contribution < 1.29 is 36.3 Å². The summed E-state index contributed by atoms with van der Waals surface area (Å²) >= 11 is 0. The highest BCUT2D eigenvalue weighted by molar-refractivity contribution is 5.77. The van der Waals surface area contributed by atoms with Gasteiger partial charge in [0, 0.05) is 19.4 Å². The van der Waals surface area contributed by atoms with Crippen molar-refractivity contribution in [3.8, 4) is 5.75 Å². The minimum atomic E-state index is -2.34. The van der Waals surface area contributed by atoms with Crippen LogP contribution in [0, 0.1) is 29.1 Å². The van der Waals surface area contributed by atoms with E-state index >= 15 is 0 Å². The number of rotatable bonds is 12. The number of carbonyl (C=O) groups is 2. The number of halogens is 5. The van der Waals surface area contributed by atoms with Gasteiger partial charge in [-0.2, -0.15) is 8.78 Å². The molecule has 0 spiro atoms. The molecule has 0 radical (unpaired) electrons. The van der Waals surface area contributed by atoms with Crippen molar-refractivity contribution in [3.63, 3.8) is 0 Å². The standard InChI is InChI=1S/C19H24F5NO3/c1-2-3-4-5-6-7-11-25-12(26)9-8-10-13(27)28-19-17(23)15(21)14(20)16(22)18(19)24/h2-11H2,1H3,(H,25,26). The normalized spacial score (nSPS) is 10.8. The monoisotopic (exact) mass is 409 g/mol. The molecule has 1 aromatic rings. The lowest BCUT2D eigenvalue weighted by molar-refractivity contribution is -0.135. The van der Waals surface area contributed by atoms with Crippen molar-refractivity contribution in [2.24, 2.45) is 0 Å². The van der Waals surface area contributed by atoms with E-state index in [9.17, 15) is 31.5 Å². The molecule has 1 N–H and O–H groups in total. The molecule has 158 valence electrons. The summed E-state index contributed by atoms with van der Waals surface area (Å²) in [7, 11) is 0. The fourth-order valence-corrected chi connectivity index (χ4v) is 2.45. The van der Waals surface area contributed by atoms with Crippen LogP contribution in [0.2, 0.25) is 0 Å². The first-order valence-corrected chi connectivity index (χ1v) is 9.28. The number of esters is 1. The van der Waals surface area contributed by atoms with Gasteiger partial charge in [-0.15, -0.1) is 0 Å². The maximum Gasteiger partial charge on any atom is 0.311 e. The molecule has 0 aliphatic carbocycles. The Morgan fingerprint density at radius 1 is 0.750 bits per heavy atom. The SMILES string of the molecule is CCCCCCCCNC(=O)CCCC(=O)Oc1c(F)c(F)c(F)c(F)c1F. The highest BCUT2D eigenvalue weighted by atomic mass is 19.2. The van der Waals surface area contributed by atoms with E-state index in [2.05, 4.69) is 17.0 Å². The van der Waals surface area contributed by atoms with E-state index in [4.69, 9.17) is 0 Å². The van der Waals surface area contributed by atoms with Crippen LogP contribution in [0.5, 0.6) is 5.75 Å². The average Bonchev–Trinajstić information content (AvgIpc) is 2.67. The van der Waals surface area contributed by atoms with E-state index in [0.717, 1.165) is 32.1 Å². The molecule has 0 fully saturated rings. The molecule has 1 aromatic carbocycles. The Kier molecular flexibility index (Phi) is 10.5. The molecule has 0 saturated carbocycles. The summed E-state index contributed by atoms with van der Waals surface area (Å²) in [6, 6.07) is 0. The molecule has 0 aliphatic rings. The van der Waals surface area contributed by atoms with Crippen molar-refractivity contribution in [3.05, 3.63) is 29.1 Å². The third kappa shape index (κ3) is 7.44. The molecule has 0 aliphatic heterocycles. The Morgan fingerprint density at radius 2 is 1.29 bits per heavy atom. The van der Waals surface area contributed by atoms with Gasteiger partial charge in [0.25, 0.3) is 0 Å². The highest BCUT2D eigenvalue weighted by Gasteiger charge is 2.28. The van der Waals surface area contributed by atoms with Crippen LogP contribution in [-0.4, -0.2) is 18.4 Å². The zero-order valence-electron chi connectivity index (χ0n) is 15.7. The Labute approximate surface area is 160 Å². The van der Waals surface area contributed by atoms with E-state index in [1.807, 2.05) is 0 Å². The second kappa shape index (κ2) is 12.3. The fourth-order valence-electron chi connectivity index (χ4n) is 2.45. The van der Waals surface area contributed by atoms with Crippen LogP contribution in [0.1, 0.15) is 64.7 Å². The van der Waals surface area contributed by atoms with E-state index in [1.54, 1.807) is 0 Å². The third-order valence-electron chi connectivity index (χ3n) is 4.02. The molecule has 0 saturated heterocycles. The van der Waals surface area contributed by atoms with Gasteiger partial charge in [0.1, 0.15) is 0 Å². The second-order valence-electron chi connectivity index (χ2n) is 6.34. The first kappa shape index (κ1) is 23.8. The molecule has 0 bridgehead atoms. The lowest BCUT2D eigenvalue weighted by Gasteiger charge is -2.09. The summed E-state index contributed by atoms with van der Waals surface area (Å²) in [6.07, 6.45) is 6.04. The number of unbranched alkanes of at least 4 members (excludes halogenated alkanes) is 5. The average molecular weight is 409 g/mol. The quantitative estimate of drug-likeness (QED) is 0.133. The first-order chi connectivity index (χ1) is 13.3. The molecule has 0 aromatic heterocycles. The zero-order valence-corrected chi connectivity index (χ0v) is 15.7. The van der Waals surface area contributed by atoms with Crippen molar-refractivity contribution >= 4 is 11.9 Å². The molecule has 28 heavy (non-hydrogen) atoms. The van der Waals surface area contributed by atoms with Gasteiger partial charge >= 0.3 is 5.97 Å². The number of amides is 1. The van der Waals surface area contributed by atoms with Gasteiger partial charge in [-0.25, -0.2) is 13.2 Å². The van der Waals surface area contributed by atoms with Crippen LogP contribution in [0.15, 0.2) is 0 Å². The minimum absolute atomic E-state index is 0.0105. The number of ether oxygens (including phenoxy) is 1. The van der Waals surface area contributed by atoms with Crippen LogP contribution in [-0.2, 0) is 9.59 Å². The number of benzene rings is 1. The maximum atomic E-state index is 13.4. The topological polar surface area (TPSA) is 55.4 Å². The summed E-state index contributed by atoms with van der Waals surface area (Å²) in [4.78, 5) is 23.2. The fraction of sp³-hybridized carbons (Fsp3) is 0.579. The first-order valence-electron chi connectivity index (χ1n) is 9.28. The predicted octanol–water partition coefficient (Wildman–Crippen LogP) is 4.93. The summed E-state index contributed by atoms with van der Waals surface area (Å²) in [5.74, 6) is -14.3. The van der Waals surface area contributed by atoms with Gasteiger partial charge in [0.2, 0.25) is 40.7 Å². The summed E-state index contributed by atoms with van der Waals surface area (Å²) in [6.45, 7) is 2.64. The number of hydrogen-bond donors (Lipinski definition) is 1. The van der Waals surface area contributed by atoms with E-state index in [0.29, 0.717) is 6.54 Å². The lowest BCUT2D eigenvalue weighted by Crippen LogP contribution is -2.24. The summed E-state index contributed by atoms with van der Waals surface area (Å²) < 4.78 is 70.1. The molecular weight excluding hydrogens is 385 g/mol. The smallest absolute Gasteiger partial charge is 0.311 e. The van der Waals surface area contributed by atoms with Gasteiger partial charge in [0.15, 0.2) is 0 Å². The van der Waals surface area contributed by atoms with Crippen molar-refractivity contribution in [1.29, 1.82) is 0 Å². The van der Waals surface area contributed by atoms with E-state index in [1.165, 1.54) is 6.42 Å². The molecule has 0 heterocycles. The van der Waals surface area contributed by atoms with Crippen LogP contribution in [0.4, 0.5) is 22.0 Å². The number of nitrogens with one attached hydrogen (secondary N) is 1. The van der Waals surface area contributed by atoms with Gasteiger partial charge in [0.05, 0.1) is 0 Å². The summed E-state index contributed by atoms with van der Waals surface area (Å²) in [5, 5.41) is 2.68. The molecule has 0 atom stereocenters. The van der Waals surface area contributed by atoms with Crippen molar-refractivity contribution in [2.75, 3.05) is 6.54 Å². The molecule has 0 unspecified atom stereocenters. The van der Waals surface area contributed by atoms with Crippen molar-refractivity contribution in [2.45, 2.75) is 64.7 Å². The van der Waals surface area contributed by atoms with Gasteiger partial charge in [-0.3, -0.25) is 9.59 Å². The third-order valence-corrected chi connectivity index (χ3v) is 4.02. The lowest BCUT2D eigenvalue weighted by atomic mass is 10.1. The second-order valence-corrected chi connectivity index (χ2v) is 6.34.